The van der Waals surface area contributed by atoms with Gasteiger partial charge in [0.25, 0.3) is 0 Å². The summed E-state index contributed by atoms with van der Waals surface area (Å²) in [5.41, 5.74) is 6.87. The Hall–Kier alpha value is -2.08. The molecule has 19 heavy (non-hydrogen) atoms. The number of nitrogens with two attached hydrogens (primary N) is 1. The zero-order valence-corrected chi connectivity index (χ0v) is 11.1. The summed E-state index contributed by atoms with van der Waals surface area (Å²) in [5.74, 6) is -0.467. The van der Waals surface area contributed by atoms with Crippen LogP contribution in [0.15, 0.2) is 35.4 Å². The fourth-order valence-electron chi connectivity index (χ4n) is 1.74. The third-order valence-electron chi connectivity index (χ3n) is 2.63. The molecule has 0 spiro atoms. The summed E-state index contributed by atoms with van der Waals surface area (Å²) < 4.78 is 14.9. The standard InChI is InChI=1S/C13H12FN3OS/c1-8-5-16-13(18)17(6-8)7-9-2-3-11(14)10(4-9)12(15)19/h2-6H,7H2,1H3,(H2,15,19). The van der Waals surface area contributed by atoms with Crippen LogP contribution in [-0.4, -0.2) is 14.5 Å². The van der Waals surface area contributed by atoms with Gasteiger partial charge in [-0.05, 0) is 30.2 Å². The van der Waals surface area contributed by atoms with Crippen molar-refractivity contribution in [1.82, 2.24) is 9.55 Å². The molecule has 98 valence electrons. The van der Waals surface area contributed by atoms with Gasteiger partial charge in [-0.3, -0.25) is 4.57 Å². The van der Waals surface area contributed by atoms with Gasteiger partial charge in [0.1, 0.15) is 10.8 Å². The summed E-state index contributed by atoms with van der Waals surface area (Å²) in [6.45, 7) is 2.14. The van der Waals surface area contributed by atoms with E-state index >= 15 is 0 Å². The lowest BCUT2D eigenvalue weighted by atomic mass is 10.1. The Labute approximate surface area is 114 Å². The van der Waals surface area contributed by atoms with Gasteiger partial charge in [-0.2, -0.15) is 0 Å². The van der Waals surface area contributed by atoms with Gasteiger partial charge in [0.2, 0.25) is 0 Å². The Morgan fingerprint density at radius 3 is 2.95 bits per heavy atom. The molecule has 0 radical (unpaired) electrons. The monoisotopic (exact) mass is 277 g/mol. The molecule has 6 heteroatoms. The molecule has 2 N–H and O–H groups in total. The normalized spacial score (nSPS) is 10.4. The fraction of sp³-hybridized carbons (Fsp3) is 0.154. The molecular weight excluding hydrogens is 265 g/mol. The Bertz CT molecular complexity index is 697. The summed E-state index contributed by atoms with van der Waals surface area (Å²) in [6, 6.07) is 4.43. The molecule has 4 nitrogen and oxygen atoms in total. The van der Waals surface area contributed by atoms with Crippen molar-refractivity contribution in [3.63, 3.8) is 0 Å². The summed E-state index contributed by atoms with van der Waals surface area (Å²) in [6.07, 6.45) is 3.20. The quantitative estimate of drug-likeness (QED) is 0.861. The number of rotatable bonds is 3. The van der Waals surface area contributed by atoms with Gasteiger partial charge in [-0.25, -0.2) is 14.2 Å². The average molecular weight is 277 g/mol. The predicted molar refractivity (Wildman–Crippen MR) is 74.6 cm³/mol. The van der Waals surface area contributed by atoms with Gasteiger partial charge in [0.15, 0.2) is 0 Å². The third-order valence-corrected chi connectivity index (χ3v) is 2.85. The third kappa shape index (κ3) is 3.03. The highest BCUT2D eigenvalue weighted by atomic mass is 32.1. The second kappa shape index (κ2) is 5.27. The van der Waals surface area contributed by atoms with Crippen molar-refractivity contribution in [3.8, 4) is 0 Å². The van der Waals surface area contributed by atoms with Crippen molar-refractivity contribution in [3.05, 3.63) is 63.6 Å². The van der Waals surface area contributed by atoms with Gasteiger partial charge in [0, 0.05) is 18.0 Å². The van der Waals surface area contributed by atoms with E-state index in [0.29, 0.717) is 6.54 Å². The van der Waals surface area contributed by atoms with Crippen LogP contribution in [0.3, 0.4) is 0 Å². The zero-order valence-electron chi connectivity index (χ0n) is 10.3. The number of halogens is 1. The van der Waals surface area contributed by atoms with Crippen LogP contribution < -0.4 is 11.4 Å². The minimum Gasteiger partial charge on any atom is -0.389 e. The number of nitrogens with zero attached hydrogens (tertiary/aromatic N) is 2. The lowest BCUT2D eigenvalue weighted by Crippen LogP contribution is -2.23. The molecule has 2 rings (SSSR count). The Balaban J connectivity index is 2.39. The number of hydrogen-bond acceptors (Lipinski definition) is 3. The zero-order chi connectivity index (χ0) is 14.0. The Morgan fingerprint density at radius 2 is 2.26 bits per heavy atom. The molecule has 1 aromatic carbocycles. The molecule has 2 aromatic rings. The maximum absolute atomic E-state index is 13.5. The van der Waals surface area contributed by atoms with Crippen LogP contribution >= 0.6 is 12.2 Å². The largest absolute Gasteiger partial charge is 0.389 e. The summed E-state index contributed by atoms with van der Waals surface area (Å²) >= 11 is 4.78. The minimum absolute atomic E-state index is 0.00550. The molecule has 0 unspecified atom stereocenters. The van der Waals surface area contributed by atoms with E-state index in [4.69, 9.17) is 18.0 Å². The summed E-state index contributed by atoms with van der Waals surface area (Å²) in [7, 11) is 0. The molecule has 0 aliphatic heterocycles. The molecule has 0 bridgehead atoms. The van der Waals surface area contributed by atoms with E-state index in [9.17, 15) is 9.18 Å². The van der Waals surface area contributed by atoms with E-state index in [0.717, 1.165) is 11.1 Å². The van der Waals surface area contributed by atoms with Crippen LogP contribution in [0.25, 0.3) is 0 Å². The molecule has 0 amide bonds. The molecule has 0 aliphatic carbocycles. The van der Waals surface area contributed by atoms with Gasteiger partial charge < -0.3 is 5.73 Å². The molecule has 0 saturated heterocycles. The number of aromatic nitrogens is 2. The number of thiocarbonyl (C=S) groups is 1. The predicted octanol–water partition coefficient (Wildman–Crippen LogP) is 1.37. The summed E-state index contributed by atoms with van der Waals surface area (Å²) in [4.78, 5) is 15.3. The molecular formula is C13H12FN3OS. The SMILES string of the molecule is Cc1cnc(=O)n(Cc2ccc(F)c(C(N)=S)c2)c1. The molecule has 1 aromatic heterocycles. The Kier molecular flexibility index (Phi) is 3.71. The molecule has 0 saturated carbocycles. The first-order valence-electron chi connectivity index (χ1n) is 5.58. The van der Waals surface area contributed by atoms with Crippen molar-refractivity contribution in [1.29, 1.82) is 0 Å². The van der Waals surface area contributed by atoms with E-state index in [2.05, 4.69) is 4.98 Å². The van der Waals surface area contributed by atoms with Crippen LogP contribution in [0.5, 0.6) is 0 Å². The van der Waals surface area contributed by atoms with Crippen LogP contribution in [0, 0.1) is 12.7 Å². The first kappa shape index (κ1) is 13.4. The lowest BCUT2D eigenvalue weighted by molar-refractivity contribution is 0.623. The summed E-state index contributed by atoms with van der Waals surface area (Å²) in [5, 5.41) is 0. The van der Waals surface area contributed by atoms with Crippen LogP contribution in [0.2, 0.25) is 0 Å². The average Bonchev–Trinajstić information content (AvgIpc) is 2.36. The Morgan fingerprint density at radius 1 is 1.53 bits per heavy atom. The number of hydrogen-bond donors (Lipinski definition) is 1. The minimum atomic E-state index is -0.467. The lowest BCUT2D eigenvalue weighted by Gasteiger charge is -2.08. The second-order valence-corrected chi connectivity index (χ2v) is 4.66. The van der Waals surface area contributed by atoms with E-state index < -0.39 is 5.82 Å². The number of benzene rings is 1. The van der Waals surface area contributed by atoms with Crippen molar-refractivity contribution >= 4 is 17.2 Å². The van der Waals surface area contributed by atoms with Crippen molar-refractivity contribution in [2.24, 2.45) is 5.73 Å². The van der Waals surface area contributed by atoms with Crippen LogP contribution in [0.4, 0.5) is 4.39 Å². The molecule has 0 atom stereocenters. The smallest absolute Gasteiger partial charge is 0.347 e. The first-order chi connectivity index (χ1) is 8.97. The highest BCUT2D eigenvalue weighted by molar-refractivity contribution is 7.80. The van der Waals surface area contributed by atoms with E-state index in [1.54, 1.807) is 18.3 Å². The van der Waals surface area contributed by atoms with Gasteiger partial charge in [-0.1, -0.05) is 18.3 Å². The molecule has 0 aliphatic rings. The second-order valence-electron chi connectivity index (χ2n) is 4.22. The van der Waals surface area contributed by atoms with Gasteiger partial charge in [0.05, 0.1) is 6.54 Å². The number of aryl methyl sites for hydroxylation is 1. The first-order valence-corrected chi connectivity index (χ1v) is 5.99. The maximum Gasteiger partial charge on any atom is 0.347 e. The highest BCUT2D eigenvalue weighted by Crippen LogP contribution is 2.11. The van der Waals surface area contributed by atoms with Crippen LogP contribution in [-0.2, 0) is 6.54 Å². The van der Waals surface area contributed by atoms with E-state index in [1.807, 2.05) is 6.92 Å². The molecule has 0 fully saturated rings. The van der Waals surface area contributed by atoms with Gasteiger partial charge in [-0.15, -0.1) is 0 Å². The van der Waals surface area contributed by atoms with Gasteiger partial charge >= 0.3 is 5.69 Å². The van der Waals surface area contributed by atoms with Crippen molar-refractivity contribution < 1.29 is 4.39 Å². The topological polar surface area (TPSA) is 60.9 Å². The molecule has 1 heterocycles. The fourth-order valence-corrected chi connectivity index (χ4v) is 1.89. The highest BCUT2D eigenvalue weighted by Gasteiger charge is 2.07. The van der Waals surface area contributed by atoms with Crippen molar-refractivity contribution in [2.45, 2.75) is 13.5 Å². The van der Waals surface area contributed by atoms with Crippen molar-refractivity contribution in [2.75, 3.05) is 0 Å². The maximum atomic E-state index is 13.5. The van der Waals surface area contributed by atoms with E-state index in [1.165, 1.54) is 16.8 Å². The van der Waals surface area contributed by atoms with E-state index in [-0.39, 0.29) is 16.2 Å². The van der Waals surface area contributed by atoms with Crippen LogP contribution in [0.1, 0.15) is 16.7 Å².